The van der Waals surface area contributed by atoms with Crippen molar-refractivity contribution in [2.75, 3.05) is 7.11 Å². The fraction of sp³-hybridized carbons (Fsp3) is 0.200. The quantitative estimate of drug-likeness (QED) is 0.825. The van der Waals surface area contributed by atoms with Gasteiger partial charge in [0.25, 0.3) is 0 Å². The molecule has 94 valence electrons. The van der Waals surface area contributed by atoms with E-state index in [1.165, 1.54) is 5.56 Å². The highest BCUT2D eigenvalue weighted by Gasteiger charge is 2.02. The minimum Gasteiger partial charge on any atom is -0.497 e. The zero-order valence-corrected chi connectivity index (χ0v) is 11.8. The van der Waals surface area contributed by atoms with Crippen molar-refractivity contribution in [2.24, 2.45) is 0 Å². The Morgan fingerprint density at radius 2 is 1.78 bits per heavy atom. The van der Waals surface area contributed by atoms with E-state index in [4.69, 9.17) is 9.47 Å². The van der Waals surface area contributed by atoms with Crippen LogP contribution in [0.4, 0.5) is 0 Å². The molecule has 0 bridgehead atoms. The van der Waals surface area contributed by atoms with E-state index in [1.54, 1.807) is 7.11 Å². The Kier molecular flexibility index (Phi) is 4.79. The molecule has 0 spiro atoms. The Morgan fingerprint density at radius 3 is 2.50 bits per heavy atom. The fourth-order valence-corrected chi connectivity index (χ4v) is 2.00. The van der Waals surface area contributed by atoms with Gasteiger partial charge in [-0.15, -0.1) is 0 Å². The van der Waals surface area contributed by atoms with Crippen LogP contribution in [0, 0.1) is 0 Å². The minimum atomic E-state index is 0.562. The van der Waals surface area contributed by atoms with Crippen molar-refractivity contribution in [3.05, 3.63) is 64.1 Å². The topological polar surface area (TPSA) is 18.5 Å². The number of benzene rings is 2. The van der Waals surface area contributed by atoms with Gasteiger partial charge >= 0.3 is 0 Å². The lowest BCUT2D eigenvalue weighted by molar-refractivity contribution is 0.106. The van der Waals surface area contributed by atoms with E-state index in [9.17, 15) is 0 Å². The molecular weight excluding hydrogens is 292 g/mol. The van der Waals surface area contributed by atoms with E-state index in [1.807, 2.05) is 36.4 Å². The summed E-state index contributed by atoms with van der Waals surface area (Å²) in [5.74, 6) is 0.844. The van der Waals surface area contributed by atoms with Crippen molar-refractivity contribution in [1.82, 2.24) is 0 Å². The van der Waals surface area contributed by atoms with Crippen LogP contribution in [0.3, 0.4) is 0 Å². The van der Waals surface area contributed by atoms with Gasteiger partial charge in [0.2, 0.25) is 0 Å². The van der Waals surface area contributed by atoms with Crippen LogP contribution in [0.25, 0.3) is 0 Å². The zero-order valence-electron chi connectivity index (χ0n) is 10.2. The highest BCUT2D eigenvalue weighted by molar-refractivity contribution is 9.10. The van der Waals surface area contributed by atoms with Crippen molar-refractivity contribution < 1.29 is 9.47 Å². The molecule has 0 unspecified atom stereocenters. The first-order chi connectivity index (χ1) is 8.79. The average Bonchev–Trinajstić information content (AvgIpc) is 2.42. The number of rotatable bonds is 5. The Labute approximate surface area is 116 Å². The molecule has 2 aromatic carbocycles. The SMILES string of the molecule is COc1ccc(Br)c(COCc2ccccc2)c1. The van der Waals surface area contributed by atoms with Gasteiger partial charge in [-0.05, 0) is 29.3 Å². The van der Waals surface area contributed by atoms with E-state index in [0.29, 0.717) is 13.2 Å². The van der Waals surface area contributed by atoms with Crippen LogP contribution in [0.15, 0.2) is 53.0 Å². The zero-order chi connectivity index (χ0) is 12.8. The molecule has 2 nitrogen and oxygen atoms in total. The third-order valence-electron chi connectivity index (χ3n) is 2.62. The maximum atomic E-state index is 5.70. The predicted molar refractivity (Wildman–Crippen MR) is 75.6 cm³/mol. The first kappa shape index (κ1) is 13.1. The van der Waals surface area contributed by atoms with Gasteiger partial charge in [0.05, 0.1) is 20.3 Å². The Hall–Kier alpha value is -1.32. The van der Waals surface area contributed by atoms with Gasteiger partial charge in [0, 0.05) is 4.47 Å². The largest absolute Gasteiger partial charge is 0.497 e. The van der Waals surface area contributed by atoms with Crippen LogP contribution in [0.1, 0.15) is 11.1 Å². The van der Waals surface area contributed by atoms with Gasteiger partial charge in [-0.1, -0.05) is 46.3 Å². The molecule has 0 fully saturated rings. The average molecular weight is 307 g/mol. The van der Waals surface area contributed by atoms with Crippen LogP contribution in [-0.2, 0) is 18.0 Å². The molecule has 2 aromatic rings. The number of methoxy groups -OCH3 is 1. The van der Waals surface area contributed by atoms with Gasteiger partial charge in [-0.25, -0.2) is 0 Å². The highest BCUT2D eigenvalue weighted by Crippen LogP contribution is 2.23. The molecule has 18 heavy (non-hydrogen) atoms. The normalized spacial score (nSPS) is 10.3. The fourth-order valence-electron chi connectivity index (χ4n) is 1.64. The molecule has 0 aliphatic rings. The van der Waals surface area contributed by atoms with Crippen LogP contribution in [-0.4, -0.2) is 7.11 Å². The lowest BCUT2D eigenvalue weighted by atomic mass is 10.2. The molecule has 0 aliphatic carbocycles. The summed E-state index contributed by atoms with van der Waals surface area (Å²) in [6, 6.07) is 16.0. The summed E-state index contributed by atoms with van der Waals surface area (Å²) in [5, 5.41) is 0. The van der Waals surface area contributed by atoms with Crippen molar-refractivity contribution in [1.29, 1.82) is 0 Å². The first-order valence-corrected chi connectivity index (χ1v) is 6.53. The number of hydrogen-bond acceptors (Lipinski definition) is 2. The second-order valence-corrected chi connectivity index (χ2v) is 4.79. The second-order valence-electron chi connectivity index (χ2n) is 3.94. The predicted octanol–water partition coefficient (Wildman–Crippen LogP) is 4.17. The van der Waals surface area contributed by atoms with Gasteiger partial charge in [-0.3, -0.25) is 0 Å². The Balaban J connectivity index is 1.94. The minimum absolute atomic E-state index is 0.562. The molecular formula is C15H15BrO2. The molecule has 0 saturated heterocycles. The molecule has 0 amide bonds. The summed E-state index contributed by atoms with van der Waals surface area (Å²) in [6.45, 7) is 1.18. The van der Waals surface area contributed by atoms with Crippen molar-refractivity contribution in [3.63, 3.8) is 0 Å². The van der Waals surface area contributed by atoms with Crippen molar-refractivity contribution >= 4 is 15.9 Å². The molecule has 0 saturated carbocycles. The highest BCUT2D eigenvalue weighted by atomic mass is 79.9. The Bertz CT molecular complexity index is 497. The summed E-state index contributed by atoms with van der Waals surface area (Å²) in [7, 11) is 1.66. The monoisotopic (exact) mass is 306 g/mol. The maximum Gasteiger partial charge on any atom is 0.119 e. The molecule has 2 rings (SSSR count). The molecule has 3 heteroatoms. The summed E-state index contributed by atoms with van der Waals surface area (Å²) >= 11 is 3.51. The number of hydrogen-bond donors (Lipinski definition) is 0. The molecule has 0 heterocycles. The van der Waals surface area contributed by atoms with E-state index >= 15 is 0 Å². The molecule has 0 radical (unpaired) electrons. The van der Waals surface area contributed by atoms with Crippen LogP contribution >= 0.6 is 15.9 Å². The summed E-state index contributed by atoms with van der Waals surface area (Å²) in [5.41, 5.74) is 2.27. The van der Waals surface area contributed by atoms with Crippen LogP contribution in [0.5, 0.6) is 5.75 Å². The summed E-state index contributed by atoms with van der Waals surface area (Å²) in [4.78, 5) is 0. The van der Waals surface area contributed by atoms with E-state index in [2.05, 4.69) is 28.1 Å². The standard InChI is InChI=1S/C15H15BrO2/c1-17-14-7-8-15(16)13(9-14)11-18-10-12-5-3-2-4-6-12/h2-9H,10-11H2,1H3. The van der Waals surface area contributed by atoms with E-state index < -0.39 is 0 Å². The van der Waals surface area contributed by atoms with Gasteiger partial charge in [-0.2, -0.15) is 0 Å². The van der Waals surface area contributed by atoms with Gasteiger partial charge in [0.1, 0.15) is 5.75 Å². The lowest BCUT2D eigenvalue weighted by Crippen LogP contribution is -1.95. The molecule has 0 atom stereocenters. The Morgan fingerprint density at radius 1 is 1.00 bits per heavy atom. The molecule has 0 aromatic heterocycles. The second kappa shape index (κ2) is 6.57. The maximum absolute atomic E-state index is 5.70. The van der Waals surface area contributed by atoms with Gasteiger partial charge in [0.15, 0.2) is 0 Å². The first-order valence-electron chi connectivity index (χ1n) is 5.73. The van der Waals surface area contributed by atoms with Gasteiger partial charge < -0.3 is 9.47 Å². The third-order valence-corrected chi connectivity index (χ3v) is 3.40. The van der Waals surface area contributed by atoms with E-state index in [0.717, 1.165) is 15.8 Å². The molecule has 0 aliphatic heterocycles. The van der Waals surface area contributed by atoms with Crippen LogP contribution < -0.4 is 4.74 Å². The summed E-state index contributed by atoms with van der Waals surface area (Å²) < 4.78 is 11.9. The lowest BCUT2D eigenvalue weighted by Gasteiger charge is -2.08. The number of halogens is 1. The number of ether oxygens (including phenoxy) is 2. The smallest absolute Gasteiger partial charge is 0.119 e. The summed E-state index contributed by atoms with van der Waals surface area (Å²) in [6.07, 6.45) is 0. The molecule has 0 N–H and O–H groups in total. The third kappa shape index (κ3) is 3.59. The van der Waals surface area contributed by atoms with Crippen LogP contribution in [0.2, 0.25) is 0 Å². The van der Waals surface area contributed by atoms with Crippen molar-refractivity contribution in [2.45, 2.75) is 13.2 Å². The van der Waals surface area contributed by atoms with E-state index in [-0.39, 0.29) is 0 Å². The van der Waals surface area contributed by atoms with Crippen molar-refractivity contribution in [3.8, 4) is 5.75 Å².